The van der Waals surface area contributed by atoms with Gasteiger partial charge in [0.1, 0.15) is 0 Å². The van der Waals surface area contributed by atoms with Crippen LogP contribution in [0.5, 0.6) is 0 Å². The van der Waals surface area contributed by atoms with Crippen LogP contribution in [0, 0.1) is 78.1 Å². The highest BCUT2D eigenvalue weighted by Crippen LogP contribution is 2.57. The van der Waals surface area contributed by atoms with Crippen molar-refractivity contribution in [3.8, 4) is 157 Å². The minimum absolute atomic E-state index is 0.0140. The molecule has 0 aliphatic heterocycles. The first-order chi connectivity index (χ1) is 71.9. The van der Waals surface area contributed by atoms with Gasteiger partial charge in [-0.2, -0.15) is 50.0 Å². The van der Waals surface area contributed by atoms with Gasteiger partial charge in [-0.05, 0) is 300 Å². The number of alkyl halides is 9. The number of hydrogen-bond donors (Lipinski definition) is 0. The number of nitriles is 2. The van der Waals surface area contributed by atoms with Crippen LogP contribution in [0.1, 0.15) is 83.5 Å². The van der Waals surface area contributed by atoms with Crippen molar-refractivity contribution in [2.24, 2.45) is 0 Å². The highest BCUT2D eigenvalue weighted by Gasteiger charge is 2.45. The van der Waals surface area contributed by atoms with Crippen molar-refractivity contribution in [3.05, 3.63) is 466 Å². The van der Waals surface area contributed by atoms with Crippen molar-refractivity contribution in [2.45, 2.75) is 80.3 Å². The predicted molar refractivity (Wildman–Crippen MR) is 589 cm³/mol. The van der Waals surface area contributed by atoms with Gasteiger partial charge in [-0.3, -0.25) is 0 Å². The summed E-state index contributed by atoms with van der Waals surface area (Å²) in [7, 11) is 0. The van der Waals surface area contributed by atoms with Crippen molar-refractivity contribution in [1.29, 1.82) is 10.5 Å². The van der Waals surface area contributed by atoms with Gasteiger partial charge in [-0.1, -0.05) is 300 Å². The summed E-state index contributed by atoms with van der Waals surface area (Å²) in [5.74, 6) is 0. The Balaban J connectivity index is 0.745. The quantitative estimate of drug-likeness (QED) is 0.0960. The Labute approximate surface area is 853 Å². The number of nitrogens with zero attached hydrogens (tertiary/aromatic N) is 6. The van der Waals surface area contributed by atoms with E-state index in [0.717, 1.165) is 172 Å². The molecule has 0 saturated heterocycles. The highest BCUT2D eigenvalue weighted by atomic mass is 19.4. The third kappa shape index (κ3) is 15.8. The van der Waals surface area contributed by atoms with E-state index in [-0.39, 0.29) is 40.0 Å². The largest absolute Gasteiger partial charge is 0.417 e. The molecule has 0 spiro atoms. The molecule has 0 saturated carbocycles. The van der Waals surface area contributed by atoms with Crippen LogP contribution in [-0.4, -0.2) is 18.3 Å². The minimum atomic E-state index is -5.38. The average molecular weight is 1950 g/mol. The molecule has 0 atom stereocenters. The summed E-state index contributed by atoms with van der Waals surface area (Å²) in [4.78, 5) is 0. The first kappa shape index (κ1) is 92.1. The fourth-order valence-corrected chi connectivity index (χ4v) is 23.2. The van der Waals surface area contributed by atoms with Crippen LogP contribution in [0.15, 0.2) is 382 Å². The molecule has 1 aliphatic carbocycles. The standard InChI is InChI=1S/C134H89F9N6/c1-75-17-9-24-85(51-75)93-38-47-115-107(63-93)108-64-94(86-25-10-18-76(2)52-86)39-48-116(108)146(115)124-61-84(74-145)62-125(131(124)129-112(132(135,136)137)31-16-32-113(129)133(138,139)140)147-117-49-40-95(87-26-11-19-77(3)53-87)65-109(117)110-66-96(41-50-118(110)147)92-33-42-102(82(8)58-92)111-68-101(91-30-15-23-81(7)57-91)72-126-127(111)105-45-36-99(90-29-14-22-80(6)56-90)71-121(105)149(126)123-60-83(73-144)59-122(130(123)128-106-67-100(106)37-46-114(128)134(141,142)143)148-119-69-97(88-27-12-20-78(4)54-88)34-43-103(119)104-44-35-98(70-120(104)148)89-28-13-21-79(5)55-89/h9-66,68-72H,67H2,1-8H3. The fraction of sp³-hybridized carbons (Fsp3) is 0.0896. The van der Waals surface area contributed by atoms with Gasteiger partial charge in [0, 0.05) is 65.3 Å². The molecule has 4 heterocycles. The number of benzene rings is 20. The number of aromatic nitrogens is 4. The van der Waals surface area contributed by atoms with Gasteiger partial charge in [-0.25, -0.2) is 0 Å². The monoisotopic (exact) mass is 1950 g/mol. The van der Waals surface area contributed by atoms with Gasteiger partial charge < -0.3 is 18.3 Å². The van der Waals surface area contributed by atoms with Crippen LogP contribution < -0.4 is 0 Å². The zero-order valence-corrected chi connectivity index (χ0v) is 82.2. The highest BCUT2D eigenvalue weighted by molar-refractivity contribution is 6.21. The fourth-order valence-electron chi connectivity index (χ4n) is 23.2. The van der Waals surface area contributed by atoms with Crippen LogP contribution in [-0.2, 0) is 24.9 Å². The Morgan fingerprint density at radius 1 is 0.215 bits per heavy atom. The molecule has 25 rings (SSSR count). The molecular weight excluding hydrogens is 1860 g/mol. The van der Waals surface area contributed by atoms with Gasteiger partial charge in [0.25, 0.3) is 0 Å². The maximum atomic E-state index is 17.1. The summed E-state index contributed by atoms with van der Waals surface area (Å²) in [6.45, 7) is 16.2. The second kappa shape index (κ2) is 34.9. The van der Waals surface area contributed by atoms with Crippen molar-refractivity contribution in [2.75, 3.05) is 0 Å². The summed E-state index contributed by atoms with van der Waals surface area (Å²) in [6.07, 6.45) is -15.4. The summed E-state index contributed by atoms with van der Waals surface area (Å²) < 4.78 is 159. The summed E-state index contributed by atoms with van der Waals surface area (Å²) in [6, 6.07) is 126. The predicted octanol–water partition coefficient (Wildman–Crippen LogP) is 37.6. The first-order valence-electron chi connectivity index (χ1n) is 49.6. The Kier molecular flexibility index (Phi) is 21.6. The van der Waals surface area contributed by atoms with E-state index in [1.807, 2.05) is 243 Å². The Morgan fingerprint density at radius 3 is 0.832 bits per heavy atom. The molecule has 0 amide bonds. The number of rotatable bonds is 15. The maximum Gasteiger partial charge on any atom is 0.417 e. The minimum Gasteiger partial charge on any atom is -0.308 e. The van der Waals surface area contributed by atoms with Crippen molar-refractivity contribution >= 4 is 87.2 Å². The van der Waals surface area contributed by atoms with E-state index in [1.165, 1.54) is 18.2 Å². The molecule has 0 fully saturated rings. The summed E-state index contributed by atoms with van der Waals surface area (Å²) in [5, 5.41) is 29.4. The maximum absolute atomic E-state index is 17.1. The molecule has 718 valence electrons. The van der Waals surface area contributed by atoms with E-state index >= 15 is 39.5 Å². The van der Waals surface area contributed by atoms with E-state index in [9.17, 15) is 10.5 Å². The lowest BCUT2D eigenvalue weighted by atomic mass is 9.89. The van der Waals surface area contributed by atoms with Crippen LogP contribution in [0.3, 0.4) is 0 Å². The molecule has 0 N–H and O–H groups in total. The Morgan fingerprint density at radius 2 is 0.490 bits per heavy atom. The second-order valence-corrected chi connectivity index (χ2v) is 40.0. The van der Waals surface area contributed by atoms with Crippen molar-refractivity contribution in [1.82, 2.24) is 18.3 Å². The lowest BCUT2D eigenvalue weighted by Crippen LogP contribution is -2.16. The summed E-state index contributed by atoms with van der Waals surface area (Å²) >= 11 is 0. The SMILES string of the molecule is Cc1cccc(-c2ccc3c(c2)c2cc(-c4cccc(C)c4)ccc2n3-c2cc(C#N)cc(-n3c4ccc(-c5cccc(C)c5)cc4c4cc(-c5ccc(-c6cc(-c7cccc(C)c7)cc7c6c6ccc(-c8cccc(C)c8)cc6n7-c6cc(C#N)cc(-n7c8cc(-c9cccc(C)c9)ccc8c8ccc(-c9cccc(C)c9)cc87)c6-c6c(C(F)(F)F)ccc7c6C7)c(C)c5)ccc43)c2-c2c(C(F)(F)F)cccc2C(F)(F)F)c1. The van der Waals surface area contributed by atoms with E-state index < -0.39 is 46.3 Å². The third-order valence-corrected chi connectivity index (χ3v) is 30.0. The first-order valence-corrected chi connectivity index (χ1v) is 49.6. The van der Waals surface area contributed by atoms with Gasteiger partial charge in [-0.15, -0.1) is 0 Å². The second-order valence-electron chi connectivity index (χ2n) is 40.0. The molecule has 6 nitrogen and oxygen atoms in total. The topological polar surface area (TPSA) is 67.3 Å². The van der Waals surface area contributed by atoms with Crippen LogP contribution in [0.4, 0.5) is 39.5 Å². The van der Waals surface area contributed by atoms with Crippen LogP contribution in [0.25, 0.3) is 232 Å². The molecule has 149 heavy (non-hydrogen) atoms. The Bertz CT molecular complexity index is 9740. The molecule has 0 radical (unpaired) electrons. The average Bonchev–Trinajstić information content (AvgIpc) is 1.53. The van der Waals surface area contributed by atoms with Gasteiger partial charge in [0.05, 0.1) is 107 Å². The number of aryl methyl sites for hydroxylation is 8. The number of fused-ring (bicyclic) bond motifs is 13. The van der Waals surface area contributed by atoms with E-state index in [4.69, 9.17) is 0 Å². The number of hydrogen-bond acceptors (Lipinski definition) is 2. The van der Waals surface area contributed by atoms with Gasteiger partial charge >= 0.3 is 18.5 Å². The molecule has 20 aromatic carbocycles. The van der Waals surface area contributed by atoms with E-state index in [0.29, 0.717) is 100 Å². The lowest BCUT2D eigenvalue weighted by molar-refractivity contribution is -0.142. The van der Waals surface area contributed by atoms with Gasteiger partial charge in [0.2, 0.25) is 0 Å². The molecule has 1 aliphatic rings. The lowest BCUT2D eigenvalue weighted by Gasteiger charge is -2.25. The number of halogens is 9. The van der Waals surface area contributed by atoms with Crippen LogP contribution in [0.2, 0.25) is 0 Å². The Hall–Kier alpha value is -18.1. The van der Waals surface area contributed by atoms with Crippen LogP contribution >= 0.6 is 0 Å². The zero-order valence-electron chi connectivity index (χ0n) is 82.2. The molecule has 0 bridgehead atoms. The molecule has 4 aromatic heterocycles. The third-order valence-electron chi connectivity index (χ3n) is 30.0. The smallest absolute Gasteiger partial charge is 0.308 e. The molecule has 0 unspecified atom stereocenters. The van der Waals surface area contributed by atoms with E-state index in [1.54, 1.807) is 27.3 Å². The molecule has 24 aromatic rings. The summed E-state index contributed by atoms with van der Waals surface area (Å²) in [5.41, 5.74) is 24.1. The van der Waals surface area contributed by atoms with E-state index in [2.05, 4.69) is 161 Å². The van der Waals surface area contributed by atoms with Crippen molar-refractivity contribution in [3.63, 3.8) is 0 Å². The normalized spacial score (nSPS) is 12.3. The molecule has 15 heteroatoms. The van der Waals surface area contributed by atoms with Gasteiger partial charge in [0.15, 0.2) is 0 Å². The van der Waals surface area contributed by atoms with Crippen molar-refractivity contribution < 1.29 is 39.5 Å². The molecular formula is C134H89F9N6. The zero-order chi connectivity index (χ0) is 102.